The molecule has 2 aliphatic heterocycles. The smallest absolute Gasteiger partial charge is 0.231 e. The predicted octanol–water partition coefficient (Wildman–Crippen LogP) is 2.71. The van der Waals surface area contributed by atoms with Crippen molar-refractivity contribution >= 4 is 0 Å². The molecule has 20 heavy (non-hydrogen) atoms. The third-order valence-corrected chi connectivity index (χ3v) is 4.38. The van der Waals surface area contributed by atoms with E-state index < -0.39 is 6.10 Å². The first-order valence-electron chi connectivity index (χ1n) is 7.56. The van der Waals surface area contributed by atoms with Crippen LogP contribution in [0, 0.1) is 0 Å². The van der Waals surface area contributed by atoms with Crippen LogP contribution >= 0.6 is 0 Å². The highest BCUT2D eigenvalue weighted by molar-refractivity contribution is 5.45. The van der Waals surface area contributed by atoms with Crippen LogP contribution in [0.3, 0.4) is 0 Å². The van der Waals surface area contributed by atoms with Gasteiger partial charge in [-0.2, -0.15) is 0 Å². The van der Waals surface area contributed by atoms with Crippen LogP contribution in [0.25, 0.3) is 0 Å². The lowest BCUT2D eigenvalue weighted by Crippen LogP contribution is -2.36. The first kappa shape index (κ1) is 13.7. The van der Waals surface area contributed by atoms with Gasteiger partial charge >= 0.3 is 0 Å². The Labute approximate surface area is 120 Å². The largest absolute Gasteiger partial charge is 0.454 e. The number of ether oxygens (including phenoxy) is 2. The Hall–Kier alpha value is -1.26. The molecule has 4 heteroatoms. The van der Waals surface area contributed by atoms with Gasteiger partial charge < -0.3 is 14.6 Å². The maximum Gasteiger partial charge on any atom is 0.231 e. The van der Waals surface area contributed by atoms with Gasteiger partial charge in [0.05, 0.1) is 6.10 Å². The van der Waals surface area contributed by atoms with E-state index in [1.165, 1.54) is 25.7 Å². The van der Waals surface area contributed by atoms with Crippen LogP contribution in [-0.4, -0.2) is 35.9 Å². The Kier molecular flexibility index (Phi) is 4.13. The zero-order valence-electron chi connectivity index (χ0n) is 12.0. The molecule has 2 aliphatic rings. The Bertz CT molecular complexity index is 463. The summed E-state index contributed by atoms with van der Waals surface area (Å²) in [5.74, 6) is 1.51. The van der Waals surface area contributed by atoms with Gasteiger partial charge in [0.25, 0.3) is 0 Å². The van der Waals surface area contributed by atoms with E-state index in [2.05, 4.69) is 11.8 Å². The van der Waals surface area contributed by atoms with Gasteiger partial charge in [-0.25, -0.2) is 0 Å². The predicted molar refractivity (Wildman–Crippen MR) is 77.0 cm³/mol. The highest BCUT2D eigenvalue weighted by Crippen LogP contribution is 2.34. The van der Waals surface area contributed by atoms with Gasteiger partial charge in [0.15, 0.2) is 11.5 Å². The fourth-order valence-electron chi connectivity index (χ4n) is 3.05. The number of aliphatic hydroxyl groups excluding tert-OH is 1. The molecule has 0 radical (unpaired) electrons. The van der Waals surface area contributed by atoms with Gasteiger partial charge in [0.2, 0.25) is 6.79 Å². The zero-order chi connectivity index (χ0) is 13.9. The molecule has 2 atom stereocenters. The Balaban J connectivity index is 1.67. The first-order chi connectivity index (χ1) is 9.74. The molecule has 1 aromatic carbocycles. The van der Waals surface area contributed by atoms with Crippen LogP contribution in [0.2, 0.25) is 0 Å². The van der Waals surface area contributed by atoms with E-state index >= 15 is 0 Å². The van der Waals surface area contributed by atoms with E-state index in [1.54, 1.807) is 0 Å². The van der Waals surface area contributed by atoms with Crippen LogP contribution in [0.4, 0.5) is 0 Å². The second kappa shape index (κ2) is 6.02. The summed E-state index contributed by atoms with van der Waals surface area (Å²) in [5, 5.41) is 10.5. The highest BCUT2D eigenvalue weighted by Gasteiger charge is 2.22. The molecule has 0 aromatic heterocycles. The van der Waals surface area contributed by atoms with Gasteiger partial charge in [-0.15, -0.1) is 0 Å². The fraction of sp³-hybridized carbons (Fsp3) is 0.625. The molecule has 0 saturated carbocycles. The van der Waals surface area contributed by atoms with Gasteiger partial charge in [0.1, 0.15) is 0 Å². The molecule has 1 fully saturated rings. The molecule has 2 heterocycles. The van der Waals surface area contributed by atoms with E-state index in [1.807, 2.05) is 18.2 Å². The molecule has 3 rings (SSSR count). The Morgan fingerprint density at radius 2 is 2.10 bits per heavy atom. The van der Waals surface area contributed by atoms with Gasteiger partial charge in [-0.3, -0.25) is 4.90 Å². The van der Waals surface area contributed by atoms with Crippen molar-refractivity contribution in [1.82, 2.24) is 4.90 Å². The average Bonchev–Trinajstić information content (AvgIpc) is 2.83. The molecular weight excluding hydrogens is 254 g/mol. The maximum absolute atomic E-state index is 10.5. The van der Waals surface area contributed by atoms with Crippen LogP contribution in [-0.2, 0) is 0 Å². The monoisotopic (exact) mass is 277 g/mol. The van der Waals surface area contributed by atoms with Crippen LogP contribution in [0.15, 0.2) is 18.2 Å². The third-order valence-electron chi connectivity index (χ3n) is 4.38. The number of nitrogens with zero attached hydrogens (tertiary/aromatic N) is 1. The summed E-state index contributed by atoms with van der Waals surface area (Å²) >= 11 is 0. The number of fused-ring (bicyclic) bond motifs is 1. The first-order valence-corrected chi connectivity index (χ1v) is 7.56. The lowest BCUT2D eigenvalue weighted by molar-refractivity contribution is 0.0927. The molecule has 2 unspecified atom stereocenters. The SMILES string of the molecule is CC1CCCCCN1CC(O)c1ccc2c(c1)OCO2. The summed E-state index contributed by atoms with van der Waals surface area (Å²) in [6.45, 7) is 4.32. The van der Waals surface area contributed by atoms with E-state index in [9.17, 15) is 5.11 Å². The molecule has 0 aliphatic carbocycles. The fourth-order valence-corrected chi connectivity index (χ4v) is 3.05. The average molecular weight is 277 g/mol. The second-order valence-corrected chi connectivity index (χ2v) is 5.82. The van der Waals surface area contributed by atoms with Crippen LogP contribution in [0.1, 0.15) is 44.3 Å². The minimum atomic E-state index is -0.468. The van der Waals surface area contributed by atoms with Crippen LogP contribution in [0.5, 0.6) is 11.5 Å². The normalized spacial score (nSPS) is 24.4. The minimum absolute atomic E-state index is 0.276. The molecule has 1 N–H and O–H groups in total. The van der Waals surface area contributed by atoms with E-state index in [0.717, 1.165) is 23.6 Å². The number of likely N-dealkylation sites (tertiary alicyclic amines) is 1. The maximum atomic E-state index is 10.5. The van der Waals surface area contributed by atoms with Gasteiger partial charge in [-0.05, 0) is 44.0 Å². The number of benzene rings is 1. The van der Waals surface area contributed by atoms with Gasteiger partial charge in [0, 0.05) is 12.6 Å². The quantitative estimate of drug-likeness (QED) is 0.922. The molecular formula is C16H23NO3. The van der Waals surface area contributed by atoms with Crippen molar-refractivity contribution in [1.29, 1.82) is 0 Å². The molecule has 0 spiro atoms. The molecule has 0 bridgehead atoms. The van der Waals surface area contributed by atoms with Crippen molar-refractivity contribution in [2.24, 2.45) is 0 Å². The van der Waals surface area contributed by atoms with E-state index in [4.69, 9.17) is 9.47 Å². The van der Waals surface area contributed by atoms with Crippen molar-refractivity contribution in [3.8, 4) is 11.5 Å². The Morgan fingerprint density at radius 3 is 3.00 bits per heavy atom. The number of aliphatic hydroxyl groups is 1. The summed E-state index contributed by atoms with van der Waals surface area (Å²) in [4.78, 5) is 2.41. The van der Waals surface area contributed by atoms with Gasteiger partial charge in [-0.1, -0.05) is 18.9 Å². The number of hydrogen-bond donors (Lipinski definition) is 1. The minimum Gasteiger partial charge on any atom is -0.454 e. The Morgan fingerprint density at radius 1 is 1.25 bits per heavy atom. The zero-order valence-corrected chi connectivity index (χ0v) is 12.0. The molecule has 4 nitrogen and oxygen atoms in total. The lowest BCUT2D eigenvalue weighted by atomic mass is 10.1. The summed E-state index contributed by atoms with van der Waals surface area (Å²) in [6, 6.07) is 6.27. The van der Waals surface area contributed by atoms with Crippen molar-refractivity contribution < 1.29 is 14.6 Å². The third kappa shape index (κ3) is 2.91. The summed E-state index contributed by atoms with van der Waals surface area (Å²) in [7, 11) is 0. The van der Waals surface area contributed by atoms with Crippen LogP contribution < -0.4 is 9.47 Å². The van der Waals surface area contributed by atoms with E-state index in [-0.39, 0.29) is 6.79 Å². The van der Waals surface area contributed by atoms with E-state index in [0.29, 0.717) is 12.6 Å². The van der Waals surface area contributed by atoms with Crippen molar-refractivity contribution in [3.63, 3.8) is 0 Å². The summed E-state index contributed by atoms with van der Waals surface area (Å²) in [6.07, 6.45) is 4.61. The number of β-amino-alcohol motifs (C(OH)–C–C–N with tert-alkyl or cyclic N) is 1. The molecule has 0 amide bonds. The molecule has 110 valence electrons. The highest BCUT2D eigenvalue weighted by atomic mass is 16.7. The summed E-state index contributed by atoms with van der Waals surface area (Å²) in [5.41, 5.74) is 0.908. The van der Waals surface area contributed by atoms with Crippen molar-refractivity contribution in [3.05, 3.63) is 23.8 Å². The summed E-state index contributed by atoms with van der Waals surface area (Å²) < 4.78 is 10.7. The van der Waals surface area contributed by atoms with Crippen molar-refractivity contribution in [2.75, 3.05) is 19.9 Å². The standard InChI is InChI=1S/C16H23NO3/c1-12-5-3-2-4-8-17(12)10-14(18)13-6-7-15-16(9-13)20-11-19-15/h6-7,9,12,14,18H,2-5,8,10-11H2,1H3. The lowest BCUT2D eigenvalue weighted by Gasteiger charge is -2.29. The molecule has 1 aromatic rings. The van der Waals surface area contributed by atoms with Crippen molar-refractivity contribution in [2.45, 2.75) is 44.8 Å². The topological polar surface area (TPSA) is 41.9 Å². The second-order valence-electron chi connectivity index (χ2n) is 5.82. The number of hydrogen-bond acceptors (Lipinski definition) is 4. The number of rotatable bonds is 3. The molecule has 1 saturated heterocycles.